The molecule has 0 saturated carbocycles. The van der Waals surface area contributed by atoms with Gasteiger partial charge in [0, 0.05) is 19.8 Å². The maximum Gasteiger partial charge on any atom is 0.407 e. The van der Waals surface area contributed by atoms with Gasteiger partial charge in [0.15, 0.2) is 0 Å². The number of alkyl carbamates (subject to hydrolysis) is 1. The van der Waals surface area contributed by atoms with E-state index in [9.17, 15) is 9.59 Å². The van der Waals surface area contributed by atoms with Gasteiger partial charge < -0.3 is 20.1 Å². The molecule has 0 aliphatic heterocycles. The zero-order valence-electron chi connectivity index (χ0n) is 13.3. The topological polar surface area (TPSA) is 78.9 Å². The Balaban J connectivity index is 2.74. The molecule has 0 radical (unpaired) electrons. The number of aliphatic carboxylic acids is 1. The van der Waals surface area contributed by atoms with Gasteiger partial charge >= 0.3 is 12.1 Å². The predicted octanol–water partition coefficient (Wildman–Crippen LogP) is 2.79. The molecule has 1 rings (SSSR count). The lowest BCUT2D eigenvalue weighted by atomic mass is 10.0. The molecule has 0 aliphatic carbocycles. The molecule has 1 aromatic carbocycles. The van der Waals surface area contributed by atoms with E-state index in [1.807, 2.05) is 50.2 Å². The number of carboxylic acids is 1. The van der Waals surface area contributed by atoms with Crippen molar-refractivity contribution in [3.8, 4) is 0 Å². The molecular weight excluding hydrogens is 284 g/mol. The number of ether oxygens (including phenoxy) is 1. The second-order valence-corrected chi connectivity index (χ2v) is 5.27. The number of unbranched alkanes of at least 4 members (excludes halogenated alkanes) is 1. The highest BCUT2D eigenvalue weighted by molar-refractivity contribution is 5.72. The fourth-order valence-corrected chi connectivity index (χ4v) is 1.92. The molecule has 22 heavy (non-hydrogen) atoms. The van der Waals surface area contributed by atoms with E-state index in [0.29, 0.717) is 6.61 Å². The summed E-state index contributed by atoms with van der Waals surface area (Å²) in [4.78, 5) is 24.7. The number of hydrogen-bond acceptors (Lipinski definition) is 4. The quantitative estimate of drug-likeness (QED) is 0.722. The molecule has 2 N–H and O–H groups in total. The molecule has 0 fully saturated rings. The van der Waals surface area contributed by atoms with E-state index in [4.69, 9.17) is 9.84 Å². The van der Waals surface area contributed by atoms with Crippen LogP contribution in [0.3, 0.4) is 0 Å². The van der Waals surface area contributed by atoms with E-state index in [0.717, 1.165) is 24.1 Å². The van der Waals surface area contributed by atoms with Crippen LogP contribution in [0.2, 0.25) is 0 Å². The minimum atomic E-state index is -0.976. The second-order valence-electron chi connectivity index (χ2n) is 5.27. The third-order valence-corrected chi connectivity index (χ3v) is 3.21. The van der Waals surface area contributed by atoms with Crippen LogP contribution in [0.15, 0.2) is 24.3 Å². The number of hydrogen-bond donors (Lipinski definition) is 2. The molecule has 1 amide bonds. The average Bonchev–Trinajstić information content (AvgIpc) is 2.46. The highest BCUT2D eigenvalue weighted by Crippen LogP contribution is 2.20. The smallest absolute Gasteiger partial charge is 0.407 e. The molecular formula is C16H24N2O4. The first kappa shape index (κ1) is 17.8. The van der Waals surface area contributed by atoms with E-state index in [-0.39, 0.29) is 6.42 Å². The summed E-state index contributed by atoms with van der Waals surface area (Å²) in [5.74, 6) is -0.976. The number of rotatable bonds is 8. The van der Waals surface area contributed by atoms with Crippen LogP contribution in [0.1, 0.15) is 37.8 Å². The van der Waals surface area contributed by atoms with Crippen LogP contribution in [0.25, 0.3) is 0 Å². The minimum Gasteiger partial charge on any atom is -0.481 e. The largest absolute Gasteiger partial charge is 0.481 e. The minimum absolute atomic E-state index is 0.190. The first-order chi connectivity index (χ1) is 10.4. The number of benzene rings is 1. The van der Waals surface area contributed by atoms with Gasteiger partial charge in [-0.05, 0) is 24.1 Å². The number of carbonyl (C=O) groups is 2. The van der Waals surface area contributed by atoms with Gasteiger partial charge in [-0.25, -0.2) is 4.79 Å². The summed E-state index contributed by atoms with van der Waals surface area (Å²) in [6.07, 6.45) is 0.938. The summed E-state index contributed by atoms with van der Waals surface area (Å²) in [7, 11) is 3.85. The Hall–Kier alpha value is -2.24. The Labute approximate surface area is 131 Å². The van der Waals surface area contributed by atoms with Gasteiger partial charge in [0.1, 0.15) is 0 Å². The standard InChI is InChI=1S/C16H24N2O4/c1-4-5-10-22-16(21)17-14(11-15(19)20)12-6-8-13(9-7-12)18(2)3/h6-9,14H,4-5,10-11H2,1-3H3,(H,17,21)(H,19,20). The van der Waals surface area contributed by atoms with Gasteiger partial charge in [-0.3, -0.25) is 4.79 Å². The summed E-state index contributed by atoms with van der Waals surface area (Å²) in [6.45, 7) is 2.34. The number of anilines is 1. The molecule has 0 spiro atoms. The van der Waals surface area contributed by atoms with Crippen molar-refractivity contribution in [1.82, 2.24) is 5.32 Å². The number of carboxylic acid groups (broad SMARTS) is 1. The second kappa shape index (κ2) is 8.92. The van der Waals surface area contributed by atoms with Crippen LogP contribution in [-0.4, -0.2) is 37.9 Å². The SMILES string of the molecule is CCCCOC(=O)NC(CC(=O)O)c1ccc(N(C)C)cc1. The van der Waals surface area contributed by atoms with Crippen LogP contribution < -0.4 is 10.2 Å². The molecule has 0 saturated heterocycles. The number of nitrogens with one attached hydrogen (secondary N) is 1. The number of nitrogens with zero attached hydrogens (tertiary/aromatic N) is 1. The van der Waals surface area contributed by atoms with E-state index in [1.165, 1.54) is 0 Å². The summed E-state index contributed by atoms with van der Waals surface area (Å²) < 4.78 is 5.03. The Morgan fingerprint density at radius 2 is 1.91 bits per heavy atom. The maximum atomic E-state index is 11.7. The average molecular weight is 308 g/mol. The molecule has 6 heteroatoms. The van der Waals surface area contributed by atoms with Crippen molar-refractivity contribution in [3.63, 3.8) is 0 Å². The normalized spacial score (nSPS) is 11.6. The van der Waals surface area contributed by atoms with Crippen LogP contribution in [0.4, 0.5) is 10.5 Å². The van der Waals surface area contributed by atoms with Crippen molar-refractivity contribution in [2.45, 2.75) is 32.2 Å². The van der Waals surface area contributed by atoms with Crippen LogP contribution in [0.5, 0.6) is 0 Å². The van der Waals surface area contributed by atoms with E-state index in [1.54, 1.807) is 0 Å². The monoisotopic (exact) mass is 308 g/mol. The van der Waals surface area contributed by atoms with Gasteiger partial charge in [0.05, 0.1) is 19.1 Å². The van der Waals surface area contributed by atoms with Crippen molar-refractivity contribution in [3.05, 3.63) is 29.8 Å². The lowest BCUT2D eigenvalue weighted by Gasteiger charge is -2.19. The molecule has 1 atom stereocenters. The van der Waals surface area contributed by atoms with Crippen molar-refractivity contribution >= 4 is 17.7 Å². The van der Waals surface area contributed by atoms with Crippen molar-refractivity contribution in [1.29, 1.82) is 0 Å². The van der Waals surface area contributed by atoms with Crippen molar-refractivity contribution < 1.29 is 19.4 Å². The molecule has 0 aromatic heterocycles. The van der Waals surface area contributed by atoms with E-state index in [2.05, 4.69) is 5.32 Å². The third-order valence-electron chi connectivity index (χ3n) is 3.21. The van der Waals surface area contributed by atoms with Gasteiger partial charge in [-0.2, -0.15) is 0 Å². The summed E-state index contributed by atoms with van der Waals surface area (Å²) in [5.41, 5.74) is 1.74. The zero-order chi connectivity index (χ0) is 16.5. The Morgan fingerprint density at radius 3 is 2.41 bits per heavy atom. The summed E-state index contributed by atoms with van der Waals surface area (Å²) >= 11 is 0. The molecule has 0 aliphatic rings. The fraction of sp³-hybridized carbons (Fsp3) is 0.500. The highest BCUT2D eigenvalue weighted by Gasteiger charge is 2.18. The van der Waals surface area contributed by atoms with Gasteiger partial charge in [0.2, 0.25) is 0 Å². The molecule has 6 nitrogen and oxygen atoms in total. The summed E-state index contributed by atoms with van der Waals surface area (Å²) in [5, 5.41) is 11.6. The molecule has 1 aromatic rings. The number of carbonyl (C=O) groups excluding carboxylic acids is 1. The van der Waals surface area contributed by atoms with Crippen molar-refractivity contribution in [2.24, 2.45) is 0 Å². The van der Waals surface area contributed by atoms with Crippen LogP contribution in [0, 0.1) is 0 Å². The first-order valence-corrected chi connectivity index (χ1v) is 7.36. The Bertz CT molecular complexity index is 485. The maximum absolute atomic E-state index is 11.7. The van der Waals surface area contributed by atoms with E-state index < -0.39 is 18.1 Å². The van der Waals surface area contributed by atoms with Gasteiger partial charge in [-0.15, -0.1) is 0 Å². The predicted molar refractivity (Wildman–Crippen MR) is 85.2 cm³/mol. The third kappa shape index (κ3) is 6.03. The summed E-state index contributed by atoms with van der Waals surface area (Å²) in [6, 6.07) is 6.79. The first-order valence-electron chi connectivity index (χ1n) is 7.36. The lowest BCUT2D eigenvalue weighted by Crippen LogP contribution is -2.31. The molecule has 0 bridgehead atoms. The van der Waals surface area contributed by atoms with Gasteiger partial charge in [-0.1, -0.05) is 25.5 Å². The molecule has 0 heterocycles. The Morgan fingerprint density at radius 1 is 1.27 bits per heavy atom. The van der Waals surface area contributed by atoms with Gasteiger partial charge in [0.25, 0.3) is 0 Å². The molecule has 1 unspecified atom stereocenters. The van der Waals surface area contributed by atoms with Crippen molar-refractivity contribution in [2.75, 3.05) is 25.6 Å². The van der Waals surface area contributed by atoms with E-state index >= 15 is 0 Å². The lowest BCUT2D eigenvalue weighted by molar-refractivity contribution is -0.137. The van der Waals surface area contributed by atoms with Crippen LogP contribution in [-0.2, 0) is 9.53 Å². The van der Waals surface area contributed by atoms with Crippen LogP contribution >= 0.6 is 0 Å². The molecule has 122 valence electrons. The zero-order valence-corrected chi connectivity index (χ0v) is 13.3. The highest BCUT2D eigenvalue weighted by atomic mass is 16.5. The Kier molecular flexibility index (Phi) is 7.22. The number of amides is 1. The fourth-order valence-electron chi connectivity index (χ4n) is 1.92.